The molecule has 0 saturated carbocycles. The van der Waals surface area contributed by atoms with Crippen molar-refractivity contribution in [1.29, 1.82) is 0 Å². The van der Waals surface area contributed by atoms with Crippen molar-refractivity contribution in [2.45, 2.75) is 31.7 Å². The number of alkyl halides is 3. The monoisotopic (exact) mass is 340 g/mol. The van der Waals surface area contributed by atoms with Crippen LogP contribution in [-0.4, -0.2) is 33.7 Å². The molecule has 8 heteroatoms. The van der Waals surface area contributed by atoms with Crippen LogP contribution in [0.15, 0.2) is 34.9 Å². The molecule has 1 saturated heterocycles. The van der Waals surface area contributed by atoms with Crippen LogP contribution < -0.4 is 0 Å². The molecular weight excluding hydrogens is 325 g/mol. The summed E-state index contributed by atoms with van der Waals surface area (Å²) in [5, 5.41) is 13.5. The Labute approximate surface area is 135 Å². The van der Waals surface area contributed by atoms with Gasteiger partial charge in [0.25, 0.3) is 5.91 Å². The third-order valence-electron chi connectivity index (χ3n) is 4.01. The van der Waals surface area contributed by atoms with Gasteiger partial charge in [-0.25, -0.2) is 0 Å². The van der Waals surface area contributed by atoms with Crippen LogP contribution in [0.25, 0.3) is 0 Å². The predicted molar refractivity (Wildman–Crippen MR) is 77.1 cm³/mol. The van der Waals surface area contributed by atoms with Gasteiger partial charge in [-0.15, -0.1) is 0 Å². The zero-order chi connectivity index (χ0) is 17.5. The second-order valence-electron chi connectivity index (χ2n) is 5.77. The number of β-amino-alcohol motifs (C(OH)–C–C–N with tert-alkyl or cyclic N) is 1. The van der Waals surface area contributed by atoms with Crippen molar-refractivity contribution < 1.29 is 27.6 Å². The van der Waals surface area contributed by atoms with Gasteiger partial charge in [0.1, 0.15) is 5.76 Å². The molecule has 128 valence electrons. The summed E-state index contributed by atoms with van der Waals surface area (Å²) in [7, 11) is 0. The maximum Gasteiger partial charge on any atom is 0.416 e. The number of hydrogen-bond donors (Lipinski definition) is 1. The Morgan fingerprint density at radius 2 is 2.08 bits per heavy atom. The molecule has 1 fully saturated rings. The molecular formula is C16H15F3N2O3. The molecule has 0 aliphatic carbocycles. The highest BCUT2D eigenvalue weighted by Crippen LogP contribution is 2.40. The number of carbonyl (C=O) groups excluding carboxylic acids is 1. The number of aliphatic hydroxyl groups is 1. The number of aromatic nitrogens is 1. The number of benzene rings is 1. The number of amides is 1. The standard InChI is InChI=1S/C16H15F3N2O3/c1-9-6-13(20-24-9)15(23)21-8-10(22)7-14(21)11-4-2-3-5-12(11)16(17,18)19/h2-6,10,14,22H,7-8H2,1H3/t10-,14+/m1/s1. The number of rotatable bonds is 2. The van der Waals surface area contributed by atoms with E-state index in [0.29, 0.717) is 5.76 Å². The summed E-state index contributed by atoms with van der Waals surface area (Å²) >= 11 is 0. The van der Waals surface area contributed by atoms with Crippen molar-refractivity contribution in [2.24, 2.45) is 0 Å². The van der Waals surface area contributed by atoms with Gasteiger partial charge in [-0.05, 0) is 25.0 Å². The second-order valence-corrected chi connectivity index (χ2v) is 5.77. The van der Waals surface area contributed by atoms with E-state index in [1.54, 1.807) is 6.92 Å². The fourth-order valence-corrected chi connectivity index (χ4v) is 2.99. The van der Waals surface area contributed by atoms with Crippen LogP contribution >= 0.6 is 0 Å². The van der Waals surface area contributed by atoms with Crippen molar-refractivity contribution >= 4 is 5.91 Å². The first-order valence-corrected chi connectivity index (χ1v) is 7.36. The van der Waals surface area contributed by atoms with Gasteiger partial charge < -0.3 is 14.5 Å². The number of aryl methyl sites for hydroxylation is 1. The van der Waals surface area contributed by atoms with Gasteiger partial charge in [-0.1, -0.05) is 23.4 Å². The number of hydrogen-bond acceptors (Lipinski definition) is 4. The van der Waals surface area contributed by atoms with Crippen LogP contribution in [0.2, 0.25) is 0 Å². The molecule has 0 bridgehead atoms. The molecule has 5 nitrogen and oxygen atoms in total. The van der Waals surface area contributed by atoms with Gasteiger partial charge in [-0.2, -0.15) is 13.2 Å². The Balaban J connectivity index is 1.99. The van der Waals surface area contributed by atoms with E-state index in [0.717, 1.165) is 6.07 Å². The van der Waals surface area contributed by atoms with Crippen molar-refractivity contribution in [3.63, 3.8) is 0 Å². The Morgan fingerprint density at radius 1 is 1.38 bits per heavy atom. The normalized spacial score (nSPS) is 21.3. The topological polar surface area (TPSA) is 66.6 Å². The molecule has 1 aromatic carbocycles. The van der Waals surface area contributed by atoms with Crippen LogP contribution in [0, 0.1) is 6.92 Å². The van der Waals surface area contributed by atoms with Gasteiger partial charge in [0.05, 0.1) is 17.7 Å². The lowest BCUT2D eigenvalue weighted by molar-refractivity contribution is -0.138. The van der Waals surface area contributed by atoms with Crippen molar-refractivity contribution in [3.8, 4) is 0 Å². The molecule has 2 aromatic rings. The van der Waals surface area contributed by atoms with Gasteiger partial charge in [0.2, 0.25) is 0 Å². The number of likely N-dealkylation sites (tertiary alicyclic amines) is 1. The molecule has 24 heavy (non-hydrogen) atoms. The molecule has 1 N–H and O–H groups in total. The molecule has 2 heterocycles. The molecule has 0 unspecified atom stereocenters. The van der Waals surface area contributed by atoms with E-state index in [1.807, 2.05) is 0 Å². The lowest BCUT2D eigenvalue weighted by Gasteiger charge is -2.26. The summed E-state index contributed by atoms with van der Waals surface area (Å²) in [5.41, 5.74) is -0.829. The van der Waals surface area contributed by atoms with E-state index in [9.17, 15) is 23.1 Å². The highest BCUT2D eigenvalue weighted by atomic mass is 19.4. The van der Waals surface area contributed by atoms with Crippen molar-refractivity contribution in [2.75, 3.05) is 6.54 Å². The molecule has 0 spiro atoms. The first-order chi connectivity index (χ1) is 11.3. The van der Waals surface area contributed by atoms with Gasteiger partial charge in [-0.3, -0.25) is 4.79 Å². The second kappa shape index (κ2) is 5.94. The molecule has 2 atom stereocenters. The van der Waals surface area contributed by atoms with E-state index in [2.05, 4.69) is 5.16 Å². The molecule has 1 aliphatic rings. The lowest BCUT2D eigenvalue weighted by atomic mass is 9.97. The largest absolute Gasteiger partial charge is 0.416 e. The Hall–Kier alpha value is -2.35. The lowest BCUT2D eigenvalue weighted by Crippen LogP contribution is -2.32. The third-order valence-corrected chi connectivity index (χ3v) is 4.01. The molecule has 1 aliphatic heterocycles. The van der Waals surface area contributed by atoms with E-state index < -0.39 is 29.8 Å². The van der Waals surface area contributed by atoms with Crippen LogP contribution in [0.4, 0.5) is 13.2 Å². The summed E-state index contributed by atoms with van der Waals surface area (Å²) in [6.07, 6.45) is -5.40. The van der Waals surface area contributed by atoms with Crippen LogP contribution in [0.1, 0.15) is 39.8 Å². The first kappa shape index (κ1) is 16.5. The number of aliphatic hydroxyl groups excluding tert-OH is 1. The quantitative estimate of drug-likeness (QED) is 0.913. The van der Waals surface area contributed by atoms with Crippen molar-refractivity contribution in [3.05, 3.63) is 52.9 Å². The average molecular weight is 340 g/mol. The van der Waals surface area contributed by atoms with E-state index in [4.69, 9.17) is 4.52 Å². The summed E-state index contributed by atoms with van der Waals surface area (Å²) < 4.78 is 44.6. The minimum Gasteiger partial charge on any atom is -0.391 e. The highest BCUT2D eigenvalue weighted by Gasteiger charge is 2.42. The summed E-state index contributed by atoms with van der Waals surface area (Å²) in [6, 6.07) is 5.63. The maximum absolute atomic E-state index is 13.3. The maximum atomic E-state index is 13.3. The Bertz CT molecular complexity index is 757. The smallest absolute Gasteiger partial charge is 0.391 e. The highest BCUT2D eigenvalue weighted by molar-refractivity contribution is 5.92. The van der Waals surface area contributed by atoms with Crippen LogP contribution in [-0.2, 0) is 6.18 Å². The minimum absolute atomic E-state index is 0.0103. The number of nitrogens with zero attached hydrogens (tertiary/aromatic N) is 2. The fourth-order valence-electron chi connectivity index (χ4n) is 2.99. The fraction of sp³-hybridized carbons (Fsp3) is 0.375. The third kappa shape index (κ3) is 3.01. The van der Waals surface area contributed by atoms with Crippen molar-refractivity contribution in [1.82, 2.24) is 10.1 Å². The molecule has 0 radical (unpaired) electrons. The average Bonchev–Trinajstić information content (AvgIpc) is 3.12. The van der Waals surface area contributed by atoms with Gasteiger partial charge in [0.15, 0.2) is 5.69 Å². The minimum atomic E-state index is -4.54. The van der Waals surface area contributed by atoms with Gasteiger partial charge >= 0.3 is 6.18 Å². The SMILES string of the molecule is Cc1cc(C(=O)N2C[C@H](O)C[C@H]2c2ccccc2C(F)(F)F)no1. The Morgan fingerprint density at radius 3 is 2.71 bits per heavy atom. The molecule has 1 aromatic heterocycles. The predicted octanol–water partition coefficient (Wildman–Crippen LogP) is 2.95. The summed E-state index contributed by atoms with van der Waals surface area (Å²) in [6.45, 7) is 1.56. The number of halogens is 3. The Kier molecular flexibility index (Phi) is 4.08. The number of carbonyl (C=O) groups is 1. The van der Waals surface area contributed by atoms with Gasteiger partial charge in [0, 0.05) is 12.6 Å². The van der Waals surface area contributed by atoms with Crippen LogP contribution in [0.5, 0.6) is 0 Å². The van der Waals surface area contributed by atoms with Crippen LogP contribution in [0.3, 0.4) is 0 Å². The summed E-state index contributed by atoms with van der Waals surface area (Å²) in [4.78, 5) is 13.8. The van der Waals surface area contributed by atoms with E-state index >= 15 is 0 Å². The van der Waals surface area contributed by atoms with E-state index in [-0.39, 0.29) is 24.2 Å². The molecule has 1 amide bonds. The molecule has 3 rings (SSSR count). The summed E-state index contributed by atoms with van der Waals surface area (Å²) in [5.74, 6) is -0.143. The zero-order valence-corrected chi connectivity index (χ0v) is 12.7. The first-order valence-electron chi connectivity index (χ1n) is 7.36. The van der Waals surface area contributed by atoms with E-state index in [1.165, 1.54) is 29.2 Å². The zero-order valence-electron chi connectivity index (χ0n) is 12.7.